The lowest BCUT2D eigenvalue weighted by atomic mass is 10.2. The third kappa shape index (κ3) is 2.43. The number of nitrogens with zero attached hydrogens (tertiary/aromatic N) is 1. The Morgan fingerprint density at radius 2 is 2.00 bits per heavy atom. The number of halogens is 2. The third-order valence-corrected chi connectivity index (χ3v) is 2.83. The van der Waals surface area contributed by atoms with Crippen LogP contribution in [0, 0.1) is 6.92 Å². The summed E-state index contributed by atoms with van der Waals surface area (Å²) in [6.45, 7) is 1.65. The summed E-state index contributed by atoms with van der Waals surface area (Å²) in [5.74, 6) is 0.0735. The van der Waals surface area contributed by atoms with Crippen molar-refractivity contribution in [1.29, 1.82) is 0 Å². The number of amides is 1. The van der Waals surface area contributed by atoms with E-state index in [1.165, 1.54) is 6.20 Å². The van der Waals surface area contributed by atoms with E-state index in [2.05, 4.69) is 10.5 Å². The number of anilines is 1. The van der Waals surface area contributed by atoms with Crippen LogP contribution in [-0.4, -0.2) is 11.1 Å². The number of hydrogen-bond donors (Lipinski definition) is 1. The summed E-state index contributed by atoms with van der Waals surface area (Å²) in [7, 11) is 0. The fourth-order valence-electron chi connectivity index (χ4n) is 1.31. The number of hydrogen-bond acceptors (Lipinski definition) is 3. The molecule has 1 N–H and O–H groups in total. The molecular weight excluding hydrogens is 263 g/mol. The second-order valence-electron chi connectivity index (χ2n) is 3.35. The highest BCUT2D eigenvalue weighted by Gasteiger charge is 2.15. The van der Waals surface area contributed by atoms with Crippen LogP contribution in [0.2, 0.25) is 10.0 Å². The van der Waals surface area contributed by atoms with E-state index in [0.717, 1.165) is 0 Å². The van der Waals surface area contributed by atoms with Crippen LogP contribution < -0.4 is 5.32 Å². The fourth-order valence-corrected chi connectivity index (χ4v) is 1.81. The van der Waals surface area contributed by atoms with Crippen LogP contribution >= 0.6 is 23.2 Å². The molecule has 88 valence electrons. The van der Waals surface area contributed by atoms with Gasteiger partial charge in [-0.3, -0.25) is 4.79 Å². The Labute approximate surface area is 108 Å². The highest BCUT2D eigenvalue weighted by Crippen LogP contribution is 2.30. The monoisotopic (exact) mass is 270 g/mol. The molecule has 2 aromatic rings. The predicted molar refractivity (Wildman–Crippen MR) is 65.7 cm³/mol. The fraction of sp³-hybridized carbons (Fsp3) is 0.0909. The standard InChI is InChI=1S/C11H8Cl2N2O2/c1-6-7(5-14-17-6)11(16)15-10-8(12)3-2-4-9(10)13/h2-5H,1H3,(H,15,16). The average Bonchev–Trinajstić information content (AvgIpc) is 2.70. The molecule has 0 bridgehead atoms. The number of aromatic nitrogens is 1. The molecule has 0 aliphatic heterocycles. The van der Waals surface area contributed by atoms with Gasteiger partial charge in [0.05, 0.1) is 21.9 Å². The van der Waals surface area contributed by atoms with Crippen LogP contribution in [0.5, 0.6) is 0 Å². The normalized spacial score (nSPS) is 10.3. The van der Waals surface area contributed by atoms with Crippen LogP contribution in [-0.2, 0) is 0 Å². The molecule has 0 saturated carbocycles. The summed E-state index contributed by atoms with van der Waals surface area (Å²) < 4.78 is 4.81. The lowest BCUT2D eigenvalue weighted by Crippen LogP contribution is -2.12. The molecule has 0 atom stereocenters. The molecule has 1 heterocycles. The van der Waals surface area contributed by atoms with Crippen LogP contribution in [0.4, 0.5) is 5.69 Å². The molecule has 1 amide bonds. The number of benzene rings is 1. The number of para-hydroxylation sites is 1. The lowest BCUT2D eigenvalue weighted by molar-refractivity contribution is 0.102. The first-order valence-electron chi connectivity index (χ1n) is 4.76. The molecule has 0 spiro atoms. The van der Waals surface area contributed by atoms with E-state index in [4.69, 9.17) is 27.7 Å². The molecule has 0 unspecified atom stereocenters. The summed E-state index contributed by atoms with van der Waals surface area (Å²) in [4.78, 5) is 11.9. The maximum Gasteiger partial charge on any atom is 0.260 e. The first kappa shape index (κ1) is 12.0. The molecule has 4 nitrogen and oxygen atoms in total. The maximum atomic E-state index is 11.9. The Kier molecular flexibility index (Phi) is 3.36. The SMILES string of the molecule is Cc1oncc1C(=O)Nc1c(Cl)cccc1Cl. The third-order valence-electron chi connectivity index (χ3n) is 2.20. The van der Waals surface area contributed by atoms with E-state index in [1.54, 1.807) is 25.1 Å². The van der Waals surface area contributed by atoms with Gasteiger partial charge in [-0.1, -0.05) is 34.4 Å². The zero-order chi connectivity index (χ0) is 12.4. The Morgan fingerprint density at radius 3 is 2.53 bits per heavy atom. The zero-order valence-electron chi connectivity index (χ0n) is 8.83. The van der Waals surface area contributed by atoms with Gasteiger partial charge in [0, 0.05) is 0 Å². The van der Waals surface area contributed by atoms with Gasteiger partial charge in [0.15, 0.2) is 0 Å². The summed E-state index contributed by atoms with van der Waals surface area (Å²) in [6, 6.07) is 4.98. The van der Waals surface area contributed by atoms with E-state index in [1.807, 2.05) is 0 Å². The van der Waals surface area contributed by atoms with Crippen molar-refractivity contribution >= 4 is 34.8 Å². The van der Waals surface area contributed by atoms with Crippen molar-refractivity contribution in [3.63, 3.8) is 0 Å². The summed E-state index contributed by atoms with van der Waals surface area (Å²) in [6.07, 6.45) is 1.34. The Balaban J connectivity index is 2.28. The highest BCUT2D eigenvalue weighted by molar-refractivity contribution is 6.40. The Bertz CT molecular complexity index is 546. The van der Waals surface area contributed by atoms with Crippen molar-refractivity contribution in [1.82, 2.24) is 5.16 Å². The molecule has 1 aromatic heterocycles. The molecule has 0 radical (unpaired) electrons. The maximum absolute atomic E-state index is 11.9. The first-order chi connectivity index (χ1) is 8.09. The zero-order valence-corrected chi connectivity index (χ0v) is 10.3. The molecule has 2 rings (SSSR count). The van der Waals surface area contributed by atoms with Crippen molar-refractivity contribution < 1.29 is 9.32 Å². The van der Waals surface area contributed by atoms with Crippen molar-refractivity contribution in [3.05, 3.63) is 45.8 Å². The summed E-state index contributed by atoms with van der Waals surface area (Å²) in [5, 5.41) is 6.90. The van der Waals surface area contributed by atoms with Gasteiger partial charge >= 0.3 is 0 Å². The van der Waals surface area contributed by atoms with Crippen LogP contribution in [0.25, 0.3) is 0 Å². The van der Waals surface area contributed by atoms with Gasteiger partial charge < -0.3 is 9.84 Å². The molecule has 0 fully saturated rings. The molecule has 0 aliphatic carbocycles. The van der Waals surface area contributed by atoms with Gasteiger partial charge in [-0.15, -0.1) is 0 Å². The first-order valence-corrected chi connectivity index (χ1v) is 5.52. The van der Waals surface area contributed by atoms with Gasteiger partial charge in [0.2, 0.25) is 0 Å². The second-order valence-corrected chi connectivity index (χ2v) is 4.16. The van der Waals surface area contributed by atoms with Crippen molar-refractivity contribution in [2.45, 2.75) is 6.92 Å². The number of carbonyl (C=O) groups excluding carboxylic acids is 1. The second kappa shape index (κ2) is 4.77. The van der Waals surface area contributed by atoms with E-state index < -0.39 is 0 Å². The van der Waals surface area contributed by atoms with Gasteiger partial charge in [-0.25, -0.2) is 0 Å². The number of carbonyl (C=O) groups is 1. The molecule has 17 heavy (non-hydrogen) atoms. The van der Waals surface area contributed by atoms with E-state index in [9.17, 15) is 4.79 Å². The summed E-state index contributed by atoms with van der Waals surface area (Å²) in [5.41, 5.74) is 0.724. The van der Waals surface area contributed by atoms with Crippen LogP contribution in [0.3, 0.4) is 0 Å². The minimum Gasteiger partial charge on any atom is -0.361 e. The Morgan fingerprint density at radius 1 is 1.35 bits per heavy atom. The van der Waals surface area contributed by atoms with Crippen LogP contribution in [0.1, 0.15) is 16.1 Å². The molecular formula is C11H8Cl2N2O2. The topological polar surface area (TPSA) is 55.1 Å². The van der Waals surface area contributed by atoms with Gasteiger partial charge in [-0.05, 0) is 19.1 Å². The molecule has 0 aliphatic rings. The average molecular weight is 271 g/mol. The van der Waals surface area contributed by atoms with Crippen LogP contribution in [0.15, 0.2) is 28.9 Å². The Hall–Kier alpha value is -1.52. The lowest BCUT2D eigenvalue weighted by Gasteiger charge is -2.07. The smallest absolute Gasteiger partial charge is 0.260 e. The molecule has 1 aromatic carbocycles. The number of aryl methyl sites for hydroxylation is 1. The van der Waals surface area contributed by atoms with Gasteiger partial charge in [-0.2, -0.15) is 0 Å². The predicted octanol–water partition coefficient (Wildman–Crippen LogP) is 3.54. The van der Waals surface area contributed by atoms with E-state index in [-0.39, 0.29) is 5.91 Å². The minimum atomic E-state index is -0.362. The molecule has 0 saturated heterocycles. The largest absolute Gasteiger partial charge is 0.361 e. The number of nitrogens with one attached hydrogen (secondary N) is 1. The highest BCUT2D eigenvalue weighted by atomic mass is 35.5. The molecule has 6 heteroatoms. The van der Waals surface area contributed by atoms with E-state index in [0.29, 0.717) is 27.1 Å². The summed E-state index contributed by atoms with van der Waals surface area (Å²) >= 11 is 11.9. The quantitative estimate of drug-likeness (QED) is 0.908. The van der Waals surface area contributed by atoms with Crippen molar-refractivity contribution in [2.75, 3.05) is 5.32 Å². The van der Waals surface area contributed by atoms with Crippen molar-refractivity contribution in [3.8, 4) is 0 Å². The van der Waals surface area contributed by atoms with Gasteiger partial charge in [0.1, 0.15) is 11.3 Å². The van der Waals surface area contributed by atoms with Gasteiger partial charge in [0.25, 0.3) is 5.91 Å². The number of rotatable bonds is 2. The minimum absolute atomic E-state index is 0.348. The van der Waals surface area contributed by atoms with E-state index >= 15 is 0 Å². The van der Waals surface area contributed by atoms with Crippen molar-refractivity contribution in [2.24, 2.45) is 0 Å².